The highest BCUT2D eigenvalue weighted by molar-refractivity contribution is 5.79. The van der Waals surface area contributed by atoms with E-state index in [1.807, 2.05) is 12.1 Å². The van der Waals surface area contributed by atoms with Crippen LogP contribution in [-0.4, -0.2) is 49.6 Å². The Morgan fingerprint density at radius 2 is 1.81 bits per heavy atom. The highest BCUT2D eigenvalue weighted by Crippen LogP contribution is 2.33. The number of anilines is 1. The van der Waals surface area contributed by atoms with Crippen molar-refractivity contribution < 1.29 is 9.18 Å². The van der Waals surface area contributed by atoms with Crippen LogP contribution < -0.4 is 10.2 Å². The Labute approximate surface area is 185 Å². The number of carbonyl (C=O) groups is 1. The Morgan fingerprint density at radius 1 is 1.06 bits per heavy atom. The van der Waals surface area contributed by atoms with Crippen molar-refractivity contribution in [2.75, 3.05) is 37.6 Å². The molecule has 0 spiro atoms. The molecule has 0 aromatic heterocycles. The molecule has 5 heteroatoms. The summed E-state index contributed by atoms with van der Waals surface area (Å²) in [7, 11) is 0. The third-order valence-corrected chi connectivity index (χ3v) is 6.65. The molecule has 0 unspecified atom stereocenters. The van der Waals surface area contributed by atoms with Crippen LogP contribution in [0, 0.1) is 5.82 Å². The Kier molecular flexibility index (Phi) is 7.23. The van der Waals surface area contributed by atoms with E-state index in [1.165, 1.54) is 29.7 Å². The summed E-state index contributed by atoms with van der Waals surface area (Å²) in [5.41, 5.74) is 5.06. The number of piperidine rings is 1. The number of benzene rings is 2. The Bertz CT molecular complexity index is 875. The smallest absolute Gasteiger partial charge is 0.224 e. The number of nitrogens with one attached hydrogen (secondary N) is 1. The first-order chi connectivity index (χ1) is 15.1. The normalized spacial score (nSPS) is 17.0. The predicted octanol–water partition coefficient (Wildman–Crippen LogP) is 3.96. The molecule has 1 amide bonds. The van der Waals surface area contributed by atoms with E-state index in [4.69, 9.17) is 0 Å². The second-order valence-electron chi connectivity index (χ2n) is 8.88. The number of likely N-dealkylation sites (tertiary alicyclic amines) is 1. The number of fused-ring (bicyclic) bond motifs is 1. The topological polar surface area (TPSA) is 35.6 Å². The minimum Gasteiger partial charge on any atom is -0.368 e. The number of hydrogen-bond acceptors (Lipinski definition) is 3. The zero-order valence-electron chi connectivity index (χ0n) is 18.6. The van der Waals surface area contributed by atoms with Crippen molar-refractivity contribution >= 4 is 11.6 Å². The van der Waals surface area contributed by atoms with Crippen molar-refractivity contribution in [2.24, 2.45) is 0 Å². The fraction of sp³-hybridized carbons (Fsp3) is 0.500. The highest BCUT2D eigenvalue weighted by atomic mass is 19.1. The summed E-state index contributed by atoms with van der Waals surface area (Å²) in [4.78, 5) is 17.2. The van der Waals surface area contributed by atoms with Gasteiger partial charge in [0.1, 0.15) is 5.82 Å². The average molecular weight is 424 g/mol. The second-order valence-corrected chi connectivity index (χ2v) is 8.88. The SMILES string of the molecule is CCCNC(=O)Cc1ccc2c(c1)N(C1CCN(CCc3ccc(F)cc3)CC1)CC2. The molecular weight excluding hydrogens is 389 g/mol. The number of carbonyl (C=O) groups excluding carboxylic acids is 1. The monoisotopic (exact) mass is 423 g/mol. The molecule has 0 atom stereocenters. The van der Waals surface area contributed by atoms with Gasteiger partial charge in [0.2, 0.25) is 5.91 Å². The van der Waals surface area contributed by atoms with Gasteiger partial charge in [0.05, 0.1) is 6.42 Å². The molecule has 166 valence electrons. The molecule has 31 heavy (non-hydrogen) atoms. The lowest BCUT2D eigenvalue weighted by Gasteiger charge is -2.38. The van der Waals surface area contributed by atoms with E-state index in [1.54, 1.807) is 12.1 Å². The van der Waals surface area contributed by atoms with E-state index in [-0.39, 0.29) is 11.7 Å². The van der Waals surface area contributed by atoms with Crippen LogP contribution in [-0.2, 0) is 24.1 Å². The van der Waals surface area contributed by atoms with E-state index in [0.29, 0.717) is 12.5 Å². The van der Waals surface area contributed by atoms with Gasteiger partial charge in [-0.1, -0.05) is 31.2 Å². The minimum atomic E-state index is -0.166. The number of hydrogen-bond donors (Lipinski definition) is 1. The van der Waals surface area contributed by atoms with Crippen LogP contribution >= 0.6 is 0 Å². The van der Waals surface area contributed by atoms with Gasteiger partial charge in [0, 0.05) is 44.5 Å². The summed E-state index contributed by atoms with van der Waals surface area (Å²) < 4.78 is 13.1. The van der Waals surface area contributed by atoms with E-state index < -0.39 is 0 Å². The van der Waals surface area contributed by atoms with Crippen molar-refractivity contribution in [3.8, 4) is 0 Å². The van der Waals surface area contributed by atoms with Crippen LogP contribution in [0.15, 0.2) is 42.5 Å². The summed E-state index contributed by atoms with van der Waals surface area (Å²) >= 11 is 0. The molecule has 2 aromatic carbocycles. The zero-order chi connectivity index (χ0) is 21.6. The molecule has 1 saturated heterocycles. The lowest BCUT2D eigenvalue weighted by molar-refractivity contribution is -0.120. The quantitative estimate of drug-likeness (QED) is 0.698. The van der Waals surface area contributed by atoms with E-state index in [2.05, 4.69) is 40.2 Å². The van der Waals surface area contributed by atoms with Gasteiger partial charge in [0.15, 0.2) is 0 Å². The van der Waals surface area contributed by atoms with Crippen LogP contribution in [0.4, 0.5) is 10.1 Å². The van der Waals surface area contributed by atoms with E-state index >= 15 is 0 Å². The number of rotatable bonds is 8. The van der Waals surface area contributed by atoms with Crippen LogP contribution in [0.1, 0.15) is 42.9 Å². The molecule has 2 aromatic rings. The Hall–Kier alpha value is -2.40. The van der Waals surface area contributed by atoms with Crippen molar-refractivity contribution in [1.82, 2.24) is 10.2 Å². The molecular formula is C26H34FN3O. The van der Waals surface area contributed by atoms with Gasteiger partial charge in [-0.2, -0.15) is 0 Å². The number of nitrogens with zero attached hydrogens (tertiary/aromatic N) is 2. The largest absolute Gasteiger partial charge is 0.368 e. The molecule has 1 N–H and O–H groups in total. The van der Waals surface area contributed by atoms with Gasteiger partial charge in [0.25, 0.3) is 0 Å². The molecule has 2 aliphatic rings. The van der Waals surface area contributed by atoms with Gasteiger partial charge < -0.3 is 15.1 Å². The molecule has 0 bridgehead atoms. The lowest BCUT2D eigenvalue weighted by Crippen LogP contribution is -2.45. The molecule has 0 aliphatic carbocycles. The Balaban J connectivity index is 1.30. The predicted molar refractivity (Wildman–Crippen MR) is 124 cm³/mol. The molecule has 0 saturated carbocycles. The number of halogens is 1. The van der Waals surface area contributed by atoms with Crippen LogP contribution in [0.5, 0.6) is 0 Å². The highest BCUT2D eigenvalue weighted by Gasteiger charge is 2.29. The van der Waals surface area contributed by atoms with Gasteiger partial charge >= 0.3 is 0 Å². The molecule has 1 fully saturated rings. The molecule has 0 radical (unpaired) electrons. The van der Waals surface area contributed by atoms with Crippen LogP contribution in [0.3, 0.4) is 0 Å². The first-order valence-corrected chi connectivity index (χ1v) is 11.7. The first-order valence-electron chi connectivity index (χ1n) is 11.7. The maximum Gasteiger partial charge on any atom is 0.224 e. The second kappa shape index (κ2) is 10.3. The fourth-order valence-corrected chi connectivity index (χ4v) is 4.84. The van der Waals surface area contributed by atoms with E-state index in [9.17, 15) is 9.18 Å². The standard InChI is InChI=1S/C26H34FN3O/c1-2-13-28-26(31)19-21-3-6-22-10-17-30(25(22)18-21)24-11-15-29(16-12-24)14-9-20-4-7-23(27)8-5-20/h3-8,18,24H,2,9-17,19H2,1H3,(H,28,31). The Morgan fingerprint density at radius 3 is 2.55 bits per heavy atom. The van der Waals surface area contributed by atoms with Gasteiger partial charge in [-0.3, -0.25) is 4.79 Å². The lowest BCUT2D eigenvalue weighted by atomic mass is 10.0. The van der Waals surface area contributed by atoms with Gasteiger partial charge in [-0.25, -0.2) is 4.39 Å². The van der Waals surface area contributed by atoms with Crippen molar-refractivity contribution in [1.29, 1.82) is 0 Å². The average Bonchev–Trinajstić information content (AvgIpc) is 3.21. The van der Waals surface area contributed by atoms with Crippen LogP contribution in [0.2, 0.25) is 0 Å². The third-order valence-electron chi connectivity index (χ3n) is 6.65. The van der Waals surface area contributed by atoms with E-state index in [0.717, 1.165) is 57.5 Å². The summed E-state index contributed by atoms with van der Waals surface area (Å²) in [6, 6.07) is 14.0. The maximum atomic E-state index is 13.1. The summed E-state index contributed by atoms with van der Waals surface area (Å²) in [6.07, 6.45) is 5.84. The molecule has 4 rings (SSSR count). The fourth-order valence-electron chi connectivity index (χ4n) is 4.84. The zero-order valence-corrected chi connectivity index (χ0v) is 18.6. The van der Waals surface area contributed by atoms with Gasteiger partial charge in [-0.05, 0) is 67.0 Å². The first kappa shape index (κ1) is 21.8. The van der Waals surface area contributed by atoms with Gasteiger partial charge in [-0.15, -0.1) is 0 Å². The summed E-state index contributed by atoms with van der Waals surface area (Å²) in [6.45, 7) is 7.15. The van der Waals surface area contributed by atoms with Crippen molar-refractivity contribution in [3.05, 3.63) is 65.0 Å². The molecule has 2 heterocycles. The minimum absolute atomic E-state index is 0.112. The molecule has 4 nitrogen and oxygen atoms in total. The van der Waals surface area contributed by atoms with Crippen LogP contribution in [0.25, 0.3) is 0 Å². The maximum absolute atomic E-state index is 13.1. The molecule has 2 aliphatic heterocycles. The summed E-state index contributed by atoms with van der Waals surface area (Å²) in [5, 5.41) is 2.98. The summed E-state index contributed by atoms with van der Waals surface area (Å²) in [5.74, 6) is -0.0546. The van der Waals surface area contributed by atoms with Crippen molar-refractivity contribution in [2.45, 2.75) is 51.5 Å². The third kappa shape index (κ3) is 5.65. The van der Waals surface area contributed by atoms with Crippen molar-refractivity contribution in [3.63, 3.8) is 0 Å². The number of amides is 1.